The summed E-state index contributed by atoms with van der Waals surface area (Å²) < 4.78 is 0.845. The summed E-state index contributed by atoms with van der Waals surface area (Å²) in [5.74, 6) is -0.305. The van der Waals surface area contributed by atoms with Gasteiger partial charge in [0.2, 0.25) is 0 Å². The minimum atomic E-state index is -0.960. The smallest absolute Gasteiger partial charge is 0.320 e. The first-order valence-corrected chi connectivity index (χ1v) is 5.44. The molecule has 7 heteroatoms. The number of thioether (sulfide) groups is 1. The van der Waals surface area contributed by atoms with Crippen LogP contribution in [0.4, 0.5) is 0 Å². The molecule has 0 spiro atoms. The average Bonchev–Trinajstić information content (AvgIpc) is 2.56. The molecule has 5 nitrogen and oxygen atoms in total. The highest BCUT2D eigenvalue weighted by molar-refractivity contribution is 8.00. The molecule has 0 radical (unpaired) electrons. The number of rotatable bonds is 5. The molecule has 0 saturated carbocycles. The van der Waals surface area contributed by atoms with Crippen molar-refractivity contribution in [2.45, 2.75) is 16.8 Å². The molecule has 1 unspecified atom stereocenters. The molecule has 1 aromatic rings. The predicted octanol–water partition coefficient (Wildman–Crippen LogP) is 0.432. The van der Waals surface area contributed by atoms with Crippen molar-refractivity contribution < 1.29 is 9.90 Å². The zero-order valence-electron chi connectivity index (χ0n) is 6.71. The summed E-state index contributed by atoms with van der Waals surface area (Å²) in [5, 5.41) is 15.9. The fourth-order valence-electron chi connectivity index (χ4n) is 0.623. The second-order valence-electron chi connectivity index (χ2n) is 2.29. The number of carboxylic acid groups (broad SMARTS) is 1. The van der Waals surface area contributed by atoms with Crippen LogP contribution in [-0.4, -0.2) is 33.1 Å². The monoisotopic (exact) mass is 219 g/mol. The van der Waals surface area contributed by atoms with Crippen LogP contribution in [0.3, 0.4) is 0 Å². The Morgan fingerprint density at radius 1 is 1.85 bits per heavy atom. The lowest BCUT2D eigenvalue weighted by Gasteiger charge is -2.03. The molecule has 72 valence electrons. The van der Waals surface area contributed by atoms with Gasteiger partial charge in [0.25, 0.3) is 0 Å². The number of carboxylic acids is 1. The second kappa shape index (κ2) is 5.15. The SMILES string of the molecule is NC(CCSc1nncs1)C(=O)O. The van der Waals surface area contributed by atoms with Gasteiger partial charge in [-0.05, 0) is 6.42 Å². The van der Waals surface area contributed by atoms with Crippen molar-refractivity contribution in [1.82, 2.24) is 10.2 Å². The summed E-state index contributed by atoms with van der Waals surface area (Å²) in [4.78, 5) is 10.3. The maximum atomic E-state index is 10.3. The Morgan fingerprint density at radius 3 is 3.15 bits per heavy atom. The molecule has 1 rings (SSSR count). The van der Waals surface area contributed by atoms with Crippen molar-refractivity contribution in [2.24, 2.45) is 5.73 Å². The van der Waals surface area contributed by atoms with Crippen molar-refractivity contribution in [2.75, 3.05) is 5.75 Å². The van der Waals surface area contributed by atoms with Crippen LogP contribution in [0.1, 0.15) is 6.42 Å². The molecule has 0 aromatic carbocycles. The lowest BCUT2D eigenvalue weighted by atomic mass is 10.2. The quantitative estimate of drug-likeness (QED) is 0.698. The number of carbonyl (C=O) groups is 1. The van der Waals surface area contributed by atoms with E-state index in [4.69, 9.17) is 10.8 Å². The van der Waals surface area contributed by atoms with E-state index in [-0.39, 0.29) is 0 Å². The van der Waals surface area contributed by atoms with E-state index < -0.39 is 12.0 Å². The van der Waals surface area contributed by atoms with Crippen LogP contribution in [-0.2, 0) is 4.79 Å². The van der Waals surface area contributed by atoms with E-state index in [2.05, 4.69) is 10.2 Å². The van der Waals surface area contributed by atoms with Crippen LogP contribution in [0.15, 0.2) is 9.85 Å². The van der Waals surface area contributed by atoms with Gasteiger partial charge in [-0.2, -0.15) is 0 Å². The molecule has 0 fully saturated rings. The number of hydrogen-bond acceptors (Lipinski definition) is 6. The van der Waals surface area contributed by atoms with E-state index >= 15 is 0 Å². The lowest BCUT2D eigenvalue weighted by molar-refractivity contribution is -0.138. The van der Waals surface area contributed by atoms with E-state index in [9.17, 15) is 4.79 Å². The van der Waals surface area contributed by atoms with Crippen LogP contribution < -0.4 is 5.73 Å². The normalized spacial score (nSPS) is 12.7. The van der Waals surface area contributed by atoms with Gasteiger partial charge in [-0.15, -0.1) is 10.2 Å². The summed E-state index contributed by atoms with van der Waals surface area (Å²) in [6.45, 7) is 0. The zero-order chi connectivity index (χ0) is 9.68. The molecule has 1 heterocycles. The molecule has 0 aliphatic heterocycles. The molecule has 1 aromatic heterocycles. The first-order valence-electron chi connectivity index (χ1n) is 3.57. The largest absolute Gasteiger partial charge is 0.480 e. The summed E-state index contributed by atoms with van der Waals surface area (Å²) >= 11 is 2.91. The van der Waals surface area contributed by atoms with Gasteiger partial charge >= 0.3 is 5.97 Å². The summed E-state index contributed by atoms with van der Waals surface area (Å²) in [6.07, 6.45) is 0.444. The highest BCUT2D eigenvalue weighted by Crippen LogP contribution is 2.19. The van der Waals surface area contributed by atoms with Gasteiger partial charge in [-0.3, -0.25) is 4.79 Å². The molecule has 0 saturated heterocycles. The van der Waals surface area contributed by atoms with E-state index in [1.165, 1.54) is 23.1 Å². The zero-order valence-corrected chi connectivity index (χ0v) is 8.35. The summed E-state index contributed by atoms with van der Waals surface area (Å²) in [7, 11) is 0. The Labute approximate surface area is 83.4 Å². The van der Waals surface area contributed by atoms with Crippen molar-refractivity contribution >= 4 is 29.1 Å². The molecule has 13 heavy (non-hydrogen) atoms. The first-order chi connectivity index (χ1) is 6.20. The third-order valence-corrected chi connectivity index (χ3v) is 3.21. The maximum Gasteiger partial charge on any atom is 0.320 e. The van der Waals surface area contributed by atoms with Crippen LogP contribution in [0.2, 0.25) is 0 Å². The molecule has 3 N–H and O–H groups in total. The first kappa shape index (κ1) is 10.4. The molecule has 0 bridgehead atoms. The third-order valence-electron chi connectivity index (χ3n) is 1.31. The summed E-state index contributed by atoms with van der Waals surface area (Å²) in [6, 6.07) is -0.777. The lowest BCUT2D eigenvalue weighted by Crippen LogP contribution is -2.30. The van der Waals surface area contributed by atoms with Gasteiger partial charge in [0.05, 0.1) is 0 Å². The molecular weight excluding hydrogens is 210 g/mol. The Kier molecular flexibility index (Phi) is 4.13. The topological polar surface area (TPSA) is 89.1 Å². The van der Waals surface area contributed by atoms with Crippen molar-refractivity contribution in [3.63, 3.8) is 0 Å². The number of aliphatic carboxylic acids is 1. The Morgan fingerprint density at radius 2 is 2.62 bits per heavy atom. The number of nitrogens with two attached hydrogens (primary N) is 1. The number of nitrogens with zero attached hydrogens (tertiary/aromatic N) is 2. The van der Waals surface area contributed by atoms with E-state index in [0.29, 0.717) is 12.2 Å². The predicted molar refractivity (Wildman–Crippen MR) is 50.9 cm³/mol. The molecule has 0 aliphatic carbocycles. The maximum absolute atomic E-state index is 10.3. The van der Waals surface area contributed by atoms with Gasteiger partial charge in [-0.25, -0.2) is 0 Å². The fourth-order valence-corrected chi connectivity index (χ4v) is 2.20. The Hall–Kier alpha value is -0.660. The number of aromatic nitrogens is 2. The van der Waals surface area contributed by atoms with E-state index in [0.717, 1.165) is 4.34 Å². The molecule has 0 aliphatic rings. The van der Waals surface area contributed by atoms with Crippen LogP contribution in [0, 0.1) is 0 Å². The highest BCUT2D eigenvalue weighted by Gasteiger charge is 2.10. The Balaban J connectivity index is 2.18. The Bertz CT molecular complexity index is 265. The van der Waals surface area contributed by atoms with Gasteiger partial charge in [-0.1, -0.05) is 23.1 Å². The van der Waals surface area contributed by atoms with Gasteiger partial charge in [0.1, 0.15) is 11.6 Å². The standard InChI is InChI=1S/C6H9N3O2S2/c7-4(5(10)11)1-2-12-6-9-8-3-13-6/h3-4H,1-2,7H2,(H,10,11). The van der Waals surface area contributed by atoms with Crippen LogP contribution >= 0.6 is 23.1 Å². The van der Waals surface area contributed by atoms with Crippen molar-refractivity contribution in [1.29, 1.82) is 0 Å². The van der Waals surface area contributed by atoms with E-state index in [1.807, 2.05) is 0 Å². The van der Waals surface area contributed by atoms with Gasteiger partial charge < -0.3 is 10.8 Å². The van der Waals surface area contributed by atoms with Gasteiger partial charge in [0, 0.05) is 5.75 Å². The molecular formula is C6H9N3O2S2. The number of hydrogen-bond donors (Lipinski definition) is 2. The summed E-state index contributed by atoms with van der Waals surface area (Å²) in [5.41, 5.74) is 6.95. The third kappa shape index (κ3) is 3.71. The average molecular weight is 219 g/mol. The highest BCUT2D eigenvalue weighted by atomic mass is 32.2. The molecule has 1 atom stereocenters. The second-order valence-corrected chi connectivity index (χ2v) is 4.46. The molecule has 0 amide bonds. The van der Waals surface area contributed by atoms with Crippen LogP contribution in [0.25, 0.3) is 0 Å². The van der Waals surface area contributed by atoms with Crippen molar-refractivity contribution in [3.8, 4) is 0 Å². The van der Waals surface area contributed by atoms with E-state index in [1.54, 1.807) is 5.51 Å². The fraction of sp³-hybridized carbons (Fsp3) is 0.500. The van der Waals surface area contributed by atoms with Crippen molar-refractivity contribution in [3.05, 3.63) is 5.51 Å². The van der Waals surface area contributed by atoms with Crippen LogP contribution in [0.5, 0.6) is 0 Å². The minimum absolute atomic E-state index is 0.444. The minimum Gasteiger partial charge on any atom is -0.480 e. The van der Waals surface area contributed by atoms with Gasteiger partial charge in [0.15, 0.2) is 4.34 Å².